The first-order valence-corrected chi connectivity index (χ1v) is 6.29. The third-order valence-electron chi connectivity index (χ3n) is 2.88. The van der Waals surface area contributed by atoms with Crippen molar-refractivity contribution in [1.82, 2.24) is 0 Å². The Morgan fingerprint density at radius 3 is 2.80 bits per heavy atom. The molecule has 0 amide bonds. The number of para-hydroxylation sites is 1. The number of carbonyl (C=O) groups is 1. The molecule has 0 bridgehead atoms. The molecule has 4 nitrogen and oxygen atoms in total. The Kier molecular flexibility index (Phi) is 4.25. The molecule has 2 rings (SSSR count). The highest BCUT2D eigenvalue weighted by molar-refractivity contribution is 5.84. The van der Waals surface area contributed by atoms with Crippen LogP contribution in [0.3, 0.4) is 0 Å². The molecule has 0 radical (unpaired) electrons. The Morgan fingerprint density at radius 2 is 2.15 bits per heavy atom. The summed E-state index contributed by atoms with van der Waals surface area (Å²) in [5, 5.41) is 8.88. The lowest BCUT2D eigenvalue weighted by Gasteiger charge is -2.08. The molecule has 0 spiro atoms. The lowest BCUT2D eigenvalue weighted by molar-refractivity contribution is 0.0661. The Hall–Kier alpha value is -2.49. The van der Waals surface area contributed by atoms with Gasteiger partial charge in [0.15, 0.2) is 0 Å². The third kappa shape index (κ3) is 3.09. The molecule has 0 saturated carbocycles. The zero-order valence-electron chi connectivity index (χ0n) is 11.4. The van der Waals surface area contributed by atoms with Crippen LogP contribution in [0, 0.1) is 6.92 Å². The molecule has 2 aromatic rings. The minimum Gasteiger partial charge on any atom is -0.488 e. The number of aromatic carboxylic acids is 1. The van der Waals surface area contributed by atoms with Gasteiger partial charge >= 0.3 is 5.97 Å². The Bertz CT molecular complexity index is 638. The maximum absolute atomic E-state index is 10.8. The smallest absolute Gasteiger partial charge is 0.371 e. The van der Waals surface area contributed by atoms with Gasteiger partial charge < -0.3 is 14.3 Å². The summed E-state index contributed by atoms with van der Waals surface area (Å²) in [5.74, 6) is 0.172. The van der Waals surface area contributed by atoms with Crippen LogP contribution < -0.4 is 4.74 Å². The van der Waals surface area contributed by atoms with Gasteiger partial charge in [0.1, 0.15) is 18.1 Å². The molecule has 0 atom stereocenters. The average Bonchev–Trinajstić information content (AvgIpc) is 2.80. The van der Waals surface area contributed by atoms with Crippen molar-refractivity contribution in [3.8, 4) is 5.75 Å². The van der Waals surface area contributed by atoms with Crippen molar-refractivity contribution in [3.05, 3.63) is 59.1 Å². The van der Waals surface area contributed by atoms with Crippen molar-refractivity contribution in [3.63, 3.8) is 0 Å². The van der Waals surface area contributed by atoms with Gasteiger partial charge in [0.05, 0.1) is 0 Å². The minimum atomic E-state index is -1.08. The van der Waals surface area contributed by atoms with E-state index in [1.807, 2.05) is 43.3 Å². The summed E-state index contributed by atoms with van der Waals surface area (Å²) in [5.41, 5.74) is 1.72. The SMILES string of the molecule is CC=Cc1ccccc1OCc1cc(C(=O)O)oc1C. The molecule has 0 aliphatic heterocycles. The Balaban J connectivity index is 2.15. The van der Waals surface area contributed by atoms with Crippen molar-refractivity contribution < 1.29 is 19.1 Å². The number of allylic oxidation sites excluding steroid dienone is 1. The predicted octanol–water partition coefficient (Wildman–Crippen LogP) is 3.90. The van der Waals surface area contributed by atoms with Gasteiger partial charge in [-0.15, -0.1) is 0 Å². The fourth-order valence-electron chi connectivity index (χ4n) is 1.85. The molecule has 1 aromatic heterocycles. The second-order valence-corrected chi connectivity index (χ2v) is 4.32. The number of hydrogen-bond acceptors (Lipinski definition) is 3. The summed E-state index contributed by atoms with van der Waals surface area (Å²) in [4.78, 5) is 10.8. The monoisotopic (exact) mass is 272 g/mol. The van der Waals surface area contributed by atoms with E-state index in [2.05, 4.69) is 0 Å². The highest BCUT2D eigenvalue weighted by atomic mass is 16.5. The topological polar surface area (TPSA) is 59.7 Å². The van der Waals surface area contributed by atoms with Gasteiger partial charge in [0, 0.05) is 11.1 Å². The normalized spacial score (nSPS) is 10.9. The lowest BCUT2D eigenvalue weighted by atomic mass is 10.2. The van der Waals surface area contributed by atoms with Crippen LogP contribution in [0.15, 0.2) is 40.8 Å². The van der Waals surface area contributed by atoms with Crippen LogP contribution in [0.5, 0.6) is 5.75 Å². The summed E-state index contributed by atoms with van der Waals surface area (Å²) < 4.78 is 10.9. The standard InChI is InChI=1S/C16H16O4/c1-3-6-12-7-4-5-8-14(12)19-10-13-9-15(16(17)18)20-11(13)2/h3-9H,10H2,1-2H3,(H,17,18). The summed E-state index contributed by atoms with van der Waals surface area (Å²) in [6.45, 7) is 3.94. The molecule has 1 heterocycles. The second kappa shape index (κ2) is 6.10. The average molecular weight is 272 g/mol. The first-order valence-electron chi connectivity index (χ1n) is 6.29. The van der Waals surface area contributed by atoms with E-state index < -0.39 is 5.97 Å². The van der Waals surface area contributed by atoms with Crippen LogP contribution in [0.2, 0.25) is 0 Å². The maximum Gasteiger partial charge on any atom is 0.371 e. The quantitative estimate of drug-likeness (QED) is 0.896. The van der Waals surface area contributed by atoms with Crippen molar-refractivity contribution in [2.24, 2.45) is 0 Å². The molecule has 0 fully saturated rings. The third-order valence-corrected chi connectivity index (χ3v) is 2.88. The van der Waals surface area contributed by atoms with Crippen LogP contribution in [0.25, 0.3) is 6.08 Å². The maximum atomic E-state index is 10.8. The number of rotatable bonds is 5. The number of ether oxygens (including phenoxy) is 1. The molecule has 0 saturated heterocycles. The first kappa shape index (κ1) is 13.9. The van der Waals surface area contributed by atoms with Crippen molar-refractivity contribution in [2.45, 2.75) is 20.5 Å². The van der Waals surface area contributed by atoms with Crippen LogP contribution >= 0.6 is 0 Å². The number of carboxylic acids is 1. The van der Waals surface area contributed by atoms with Crippen LogP contribution in [0.4, 0.5) is 0 Å². The number of benzene rings is 1. The highest BCUT2D eigenvalue weighted by Crippen LogP contribution is 2.22. The Labute approximate surface area is 117 Å². The van der Waals surface area contributed by atoms with E-state index >= 15 is 0 Å². The van der Waals surface area contributed by atoms with Gasteiger partial charge in [-0.25, -0.2) is 4.79 Å². The van der Waals surface area contributed by atoms with Crippen LogP contribution in [-0.4, -0.2) is 11.1 Å². The molecule has 4 heteroatoms. The molecule has 1 N–H and O–H groups in total. The van der Waals surface area contributed by atoms with Gasteiger partial charge in [0.2, 0.25) is 5.76 Å². The van der Waals surface area contributed by atoms with Gasteiger partial charge in [-0.1, -0.05) is 30.4 Å². The van der Waals surface area contributed by atoms with E-state index in [4.69, 9.17) is 14.3 Å². The van der Waals surface area contributed by atoms with Crippen LogP contribution in [0.1, 0.15) is 34.4 Å². The van der Waals surface area contributed by atoms with Crippen molar-refractivity contribution >= 4 is 12.0 Å². The van der Waals surface area contributed by atoms with Gasteiger partial charge in [0.25, 0.3) is 0 Å². The van der Waals surface area contributed by atoms with Gasteiger partial charge in [-0.05, 0) is 26.0 Å². The van der Waals surface area contributed by atoms with Crippen molar-refractivity contribution in [1.29, 1.82) is 0 Å². The number of aryl methyl sites for hydroxylation is 1. The largest absolute Gasteiger partial charge is 0.488 e. The fourth-order valence-corrected chi connectivity index (χ4v) is 1.85. The van der Waals surface area contributed by atoms with Gasteiger partial charge in [-0.2, -0.15) is 0 Å². The van der Waals surface area contributed by atoms with E-state index in [0.717, 1.165) is 16.9 Å². The second-order valence-electron chi connectivity index (χ2n) is 4.32. The molecule has 1 aromatic carbocycles. The minimum absolute atomic E-state index is 0.0668. The van der Waals surface area contributed by atoms with Crippen molar-refractivity contribution in [2.75, 3.05) is 0 Å². The summed E-state index contributed by atoms with van der Waals surface area (Å²) in [7, 11) is 0. The molecule has 0 aliphatic carbocycles. The number of hydrogen-bond donors (Lipinski definition) is 1. The zero-order valence-corrected chi connectivity index (χ0v) is 11.4. The summed E-state index contributed by atoms with van der Waals surface area (Å²) >= 11 is 0. The summed E-state index contributed by atoms with van der Waals surface area (Å²) in [6.07, 6.45) is 3.90. The van der Waals surface area contributed by atoms with E-state index in [1.54, 1.807) is 6.92 Å². The number of carboxylic acid groups (broad SMARTS) is 1. The van der Waals surface area contributed by atoms with E-state index in [0.29, 0.717) is 5.76 Å². The fraction of sp³-hybridized carbons (Fsp3) is 0.188. The molecule has 0 unspecified atom stereocenters. The molecule has 104 valence electrons. The predicted molar refractivity (Wildman–Crippen MR) is 75.9 cm³/mol. The number of furan rings is 1. The first-order chi connectivity index (χ1) is 9.61. The Morgan fingerprint density at radius 1 is 1.40 bits per heavy atom. The molecule has 0 aliphatic rings. The molecular formula is C16H16O4. The highest BCUT2D eigenvalue weighted by Gasteiger charge is 2.13. The van der Waals surface area contributed by atoms with E-state index in [-0.39, 0.29) is 12.4 Å². The summed E-state index contributed by atoms with van der Waals surface area (Å²) in [6, 6.07) is 9.17. The van der Waals surface area contributed by atoms with Crippen LogP contribution in [-0.2, 0) is 6.61 Å². The molecular weight excluding hydrogens is 256 g/mol. The van der Waals surface area contributed by atoms with Gasteiger partial charge in [-0.3, -0.25) is 0 Å². The van der Waals surface area contributed by atoms with E-state index in [9.17, 15) is 4.79 Å². The van der Waals surface area contributed by atoms with E-state index in [1.165, 1.54) is 6.07 Å². The molecule has 20 heavy (non-hydrogen) atoms. The lowest BCUT2D eigenvalue weighted by Crippen LogP contribution is -1.97. The zero-order chi connectivity index (χ0) is 14.5.